The maximum absolute atomic E-state index is 12.0. The van der Waals surface area contributed by atoms with Gasteiger partial charge < -0.3 is 14.2 Å². The van der Waals surface area contributed by atoms with E-state index in [0.717, 1.165) is 26.4 Å². The highest BCUT2D eigenvalue weighted by atomic mass is 32.1. The number of ether oxygens (including phenoxy) is 3. The van der Waals surface area contributed by atoms with E-state index in [1.54, 1.807) is 20.3 Å². The van der Waals surface area contributed by atoms with Gasteiger partial charge in [0.05, 0.1) is 24.4 Å². The molecule has 0 N–H and O–H groups in total. The van der Waals surface area contributed by atoms with Crippen molar-refractivity contribution >= 4 is 33.6 Å². The van der Waals surface area contributed by atoms with E-state index in [1.807, 2.05) is 43.3 Å². The number of esters is 1. The van der Waals surface area contributed by atoms with Crippen LogP contribution in [0, 0.1) is 6.92 Å². The number of hydrogen-bond acceptors (Lipinski definition) is 6. The molecule has 0 fully saturated rings. The number of fused-ring (bicyclic) bond motifs is 1. The number of aromatic nitrogens is 1. The Bertz CT molecular complexity index is 929. The molecular formula is C20H19NO4S. The van der Waals surface area contributed by atoms with Crippen LogP contribution in [0.2, 0.25) is 0 Å². The number of methoxy groups -OCH3 is 2. The SMILES string of the molecule is COc1cc(C)c(COC(=O)/C=C/c2nc3ccccc3s2)cc1OC. The van der Waals surface area contributed by atoms with Gasteiger partial charge in [0.1, 0.15) is 11.6 Å². The monoisotopic (exact) mass is 369 g/mol. The summed E-state index contributed by atoms with van der Waals surface area (Å²) in [4.78, 5) is 16.5. The lowest BCUT2D eigenvalue weighted by atomic mass is 10.1. The second-order valence-electron chi connectivity index (χ2n) is 5.59. The minimum atomic E-state index is -0.418. The van der Waals surface area contributed by atoms with E-state index in [4.69, 9.17) is 14.2 Å². The number of carbonyl (C=O) groups excluding carboxylic acids is 1. The average Bonchev–Trinajstić information content (AvgIpc) is 3.08. The summed E-state index contributed by atoms with van der Waals surface area (Å²) in [5.41, 5.74) is 2.75. The number of benzene rings is 2. The van der Waals surface area contributed by atoms with Crippen molar-refractivity contribution in [3.05, 3.63) is 58.6 Å². The molecule has 5 nitrogen and oxygen atoms in total. The molecule has 0 radical (unpaired) electrons. The van der Waals surface area contributed by atoms with Gasteiger partial charge in [-0.05, 0) is 48.4 Å². The quantitative estimate of drug-likeness (QED) is 0.477. The van der Waals surface area contributed by atoms with Crippen LogP contribution in [0.3, 0.4) is 0 Å². The molecule has 6 heteroatoms. The van der Waals surface area contributed by atoms with Crippen LogP contribution in [0.1, 0.15) is 16.1 Å². The highest BCUT2D eigenvalue weighted by Crippen LogP contribution is 2.30. The molecule has 0 aliphatic rings. The third kappa shape index (κ3) is 4.03. The lowest BCUT2D eigenvalue weighted by Gasteiger charge is -2.12. The van der Waals surface area contributed by atoms with Crippen LogP contribution in [0.25, 0.3) is 16.3 Å². The van der Waals surface area contributed by atoms with Gasteiger partial charge in [0.15, 0.2) is 11.5 Å². The molecule has 3 aromatic rings. The predicted octanol–water partition coefficient (Wildman–Crippen LogP) is 4.38. The number of rotatable bonds is 6. The average molecular weight is 369 g/mol. The lowest BCUT2D eigenvalue weighted by molar-refractivity contribution is -0.138. The third-order valence-electron chi connectivity index (χ3n) is 3.88. The molecule has 26 heavy (non-hydrogen) atoms. The summed E-state index contributed by atoms with van der Waals surface area (Å²) in [5, 5.41) is 0.769. The van der Waals surface area contributed by atoms with E-state index in [-0.39, 0.29) is 6.61 Å². The first-order valence-corrected chi connectivity index (χ1v) is 8.84. The molecule has 1 aromatic heterocycles. The number of carbonyl (C=O) groups is 1. The molecule has 2 aromatic carbocycles. The fourth-order valence-corrected chi connectivity index (χ4v) is 3.35. The van der Waals surface area contributed by atoms with Crippen LogP contribution in [-0.4, -0.2) is 25.2 Å². The molecular weight excluding hydrogens is 350 g/mol. The Morgan fingerprint density at radius 3 is 2.62 bits per heavy atom. The summed E-state index contributed by atoms with van der Waals surface area (Å²) >= 11 is 1.53. The second kappa shape index (κ2) is 8.01. The Balaban J connectivity index is 1.65. The highest BCUT2D eigenvalue weighted by molar-refractivity contribution is 7.19. The zero-order valence-electron chi connectivity index (χ0n) is 14.8. The van der Waals surface area contributed by atoms with Gasteiger partial charge in [-0.25, -0.2) is 9.78 Å². The molecule has 0 aliphatic heterocycles. The van der Waals surface area contributed by atoms with Crippen LogP contribution < -0.4 is 9.47 Å². The molecule has 1 heterocycles. The minimum absolute atomic E-state index is 0.162. The fourth-order valence-electron chi connectivity index (χ4n) is 2.48. The Kier molecular flexibility index (Phi) is 5.53. The summed E-state index contributed by atoms with van der Waals surface area (Å²) in [6.45, 7) is 2.09. The minimum Gasteiger partial charge on any atom is -0.493 e. The molecule has 0 saturated heterocycles. The molecule has 0 unspecified atom stereocenters. The van der Waals surface area contributed by atoms with Crippen LogP contribution in [0.15, 0.2) is 42.5 Å². The number of aryl methyl sites for hydroxylation is 1. The number of thiazole rings is 1. The van der Waals surface area contributed by atoms with Crippen LogP contribution >= 0.6 is 11.3 Å². The molecule has 134 valence electrons. The van der Waals surface area contributed by atoms with Crippen molar-refractivity contribution in [2.75, 3.05) is 14.2 Å². The Hall–Kier alpha value is -2.86. The molecule has 0 bridgehead atoms. The van der Waals surface area contributed by atoms with Crippen molar-refractivity contribution in [2.45, 2.75) is 13.5 Å². The van der Waals surface area contributed by atoms with Gasteiger partial charge >= 0.3 is 5.97 Å². The smallest absolute Gasteiger partial charge is 0.331 e. The molecule has 0 atom stereocenters. The molecule has 0 aliphatic carbocycles. The zero-order valence-corrected chi connectivity index (χ0v) is 15.6. The number of para-hydroxylation sites is 1. The van der Waals surface area contributed by atoms with Gasteiger partial charge in [0.2, 0.25) is 0 Å². The lowest BCUT2D eigenvalue weighted by Crippen LogP contribution is -2.03. The van der Waals surface area contributed by atoms with E-state index in [1.165, 1.54) is 17.4 Å². The van der Waals surface area contributed by atoms with Gasteiger partial charge in [-0.3, -0.25) is 0 Å². The Labute approximate surface area is 155 Å². The first-order chi connectivity index (χ1) is 12.6. The van der Waals surface area contributed by atoms with Crippen molar-refractivity contribution in [2.24, 2.45) is 0 Å². The van der Waals surface area contributed by atoms with Gasteiger partial charge in [0, 0.05) is 6.08 Å². The standard InChI is InChI=1S/C20H19NO4S/c1-13-10-16(23-2)17(24-3)11-14(13)12-25-20(22)9-8-19-21-15-6-4-5-7-18(15)26-19/h4-11H,12H2,1-3H3/b9-8+. The summed E-state index contributed by atoms with van der Waals surface area (Å²) in [7, 11) is 3.16. The summed E-state index contributed by atoms with van der Waals surface area (Å²) in [6.07, 6.45) is 3.07. The molecule has 0 saturated carbocycles. The van der Waals surface area contributed by atoms with Gasteiger partial charge in [-0.15, -0.1) is 11.3 Å². The van der Waals surface area contributed by atoms with Gasteiger partial charge in [0.25, 0.3) is 0 Å². The van der Waals surface area contributed by atoms with E-state index in [9.17, 15) is 4.79 Å². The van der Waals surface area contributed by atoms with Crippen molar-refractivity contribution in [3.8, 4) is 11.5 Å². The van der Waals surface area contributed by atoms with Crippen molar-refractivity contribution in [1.29, 1.82) is 0 Å². The van der Waals surface area contributed by atoms with Crippen LogP contribution in [-0.2, 0) is 16.1 Å². The predicted molar refractivity (Wildman–Crippen MR) is 103 cm³/mol. The number of hydrogen-bond donors (Lipinski definition) is 0. The Morgan fingerprint density at radius 2 is 1.88 bits per heavy atom. The van der Waals surface area contributed by atoms with Crippen LogP contribution in [0.5, 0.6) is 11.5 Å². The molecule has 3 rings (SSSR count). The van der Waals surface area contributed by atoms with Crippen molar-refractivity contribution in [3.63, 3.8) is 0 Å². The second-order valence-corrected chi connectivity index (χ2v) is 6.66. The summed E-state index contributed by atoms with van der Waals surface area (Å²) in [6, 6.07) is 11.5. The molecule has 0 spiro atoms. The highest BCUT2D eigenvalue weighted by Gasteiger charge is 2.10. The largest absolute Gasteiger partial charge is 0.493 e. The zero-order chi connectivity index (χ0) is 18.5. The van der Waals surface area contributed by atoms with Crippen molar-refractivity contribution in [1.82, 2.24) is 4.98 Å². The first kappa shape index (κ1) is 17.9. The third-order valence-corrected chi connectivity index (χ3v) is 4.89. The maximum Gasteiger partial charge on any atom is 0.331 e. The normalized spacial score (nSPS) is 11.0. The van der Waals surface area contributed by atoms with E-state index < -0.39 is 5.97 Å². The van der Waals surface area contributed by atoms with Crippen LogP contribution in [0.4, 0.5) is 0 Å². The Morgan fingerprint density at radius 1 is 1.15 bits per heavy atom. The van der Waals surface area contributed by atoms with E-state index in [2.05, 4.69) is 4.98 Å². The maximum atomic E-state index is 12.0. The van der Waals surface area contributed by atoms with Crippen molar-refractivity contribution < 1.29 is 19.0 Å². The van der Waals surface area contributed by atoms with E-state index in [0.29, 0.717) is 11.5 Å². The van der Waals surface area contributed by atoms with Gasteiger partial charge in [-0.2, -0.15) is 0 Å². The van der Waals surface area contributed by atoms with E-state index >= 15 is 0 Å². The molecule has 0 amide bonds. The summed E-state index contributed by atoms with van der Waals surface area (Å²) in [5.74, 6) is 0.836. The fraction of sp³-hybridized carbons (Fsp3) is 0.200. The topological polar surface area (TPSA) is 57.7 Å². The summed E-state index contributed by atoms with van der Waals surface area (Å²) < 4.78 is 17.0. The van der Waals surface area contributed by atoms with Gasteiger partial charge in [-0.1, -0.05) is 12.1 Å². The number of nitrogens with zero attached hydrogens (tertiary/aromatic N) is 1. The first-order valence-electron chi connectivity index (χ1n) is 8.02.